The Morgan fingerprint density at radius 1 is 1.05 bits per heavy atom. The topological polar surface area (TPSA) is 34.9 Å². The van der Waals surface area contributed by atoms with Crippen molar-refractivity contribution in [2.24, 2.45) is 0 Å². The van der Waals surface area contributed by atoms with E-state index >= 15 is 0 Å². The Balaban J connectivity index is 2.46. The van der Waals surface area contributed by atoms with Crippen molar-refractivity contribution >= 4 is 10.9 Å². The van der Waals surface area contributed by atoms with Crippen molar-refractivity contribution in [3.8, 4) is 11.3 Å². The number of rotatable bonds is 2. The van der Waals surface area contributed by atoms with Gasteiger partial charge in [0.2, 0.25) is 0 Å². The number of aromatic nitrogens is 2. The van der Waals surface area contributed by atoms with Crippen molar-refractivity contribution in [2.45, 2.75) is 27.3 Å². The SMILES string of the molecule is CCn1c(=O)nc(-c2ccccc2)c2cc(C)c(C)cc21. The third kappa shape index (κ3) is 2.25. The van der Waals surface area contributed by atoms with Crippen molar-refractivity contribution in [1.82, 2.24) is 9.55 Å². The van der Waals surface area contributed by atoms with Crippen LogP contribution in [0.5, 0.6) is 0 Å². The monoisotopic (exact) mass is 278 g/mol. The van der Waals surface area contributed by atoms with Gasteiger partial charge in [-0.15, -0.1) is 0 Å². The Morgan fingerprint density at radius 2 is 1.71 bits per heavy atom. The van der Waals surface area contributed by atoms with Gasteiger partial charge in [-0.05, 0) is 44.0 Å². The standard InChI is InChI=1S/C18H18N2O/c1-4-20-16-11-13(3)12(2)10-15(16)17(19-18(20)21)14-8-6-5-7-9-14/h5-11H,4H2,1-3H3. The molecular weight excluding hydrogens is 260 g/mol. The van der Waals surface area contributed by atoms with Gasteiger partial charge in [0.25, 0.3) is 0 Å². The molecule has 3 aromatic rings. The summed E-state index contributed by atoms with van der Waals surface area (Å²) in [7, 11) is 0. The lowest BCUT2D eigenvalue weighted by Gasteiger charge is -2.13. The first-order valence-corrected chi connectivity index (χ1v) is 7.19. The third-order valence-corrected chi connectivity index (χ3v) is 3.96. The van der Waals surface area contributed by atoms with Gasteiger partial charge >= 0.3 is 5.69 Å². The van der Waals surface area contributed by atoms with Gasteiger partial charge in [-0.3, -0.25) is 4.57 Å². The molecule has 0 spiro atoms. The zero-order valence-electron chi connectivity index (χ0n) is 12.6. The van der Waals surface area contributed by atoms with Gasteiger partial charge in [0.05, 0.1) is 11.2 Å². The van der Waals surface area contributed by atoms with Crippen molar-refractivity contribution < 1.29 is 0 Å². The van der Waals surface area contributed by atoms with Crippen LogP contribution in [0.2, 0.25) is 0 Å². The molecule has 0 aliphatic carbocycles. The van der Waals surface area contributed by atoms with Crippen LogP contribution in [0.4, 0.5) is 0 Å². The molecule has 0 saturated heterocycles. The van der Waals surface area contributed by atoms with Crippen LogP contribution in [0.3, 0.4) is 0 Å². The number of fused-ring (bicyclic) bond motifs is 1. The number of aryl methyl sites for hydroxylation is 3. The molecule has 0 aliphatic heterocycles. The second-order valence-electron chi connectivity index (χ2n) is 5.31. The van der Waals surface area contributed by atoms with Crippen LogP contribution in [0, 0.1) is 13.8 Å². The van der Waals surface area contributed by atoms with E-state index in [1.165, 1.54) is 11.1 Å². The Labute approximate surface area is 123 Å². The second kappa shape index (κ2) is 5.17. The molecule has 0 atom stereocenters. The normalized spacial score (nSPS) is 11.0. The maximum atomic E-state index is 12.3. The first-order chi connectivity index (χ1) is 10.1. The highest BCUT2D eigenvalue weighted by atomic mass is 16.1. The van der Waals surface area contributed by atoms with Crippen molar-refractivity contribution in [3.05, 3.63) is 64.1 Å². The zero-order valence-corrected chi connectivity index (χ0v) is 12.6. The maximum absolute atomic E-state index is 12.3. The van der Waals surface area contributed by atoms with Crippen LogP contribution in [-0.4, -0.2) is 9.55 Å². The number of benzene rings is 2. The molecule has 1 heterocycles. The second-order valence-corrected chi connectivity index (χ2v) is 5.31. The fourth-order valence-electron chi connectivity index (χ4n) is 2.65. The van der Waals surface area contributed by atoms with E-state index in [-0.39, 0.29) is 5.69 Å². The summed E-state index contributed by atoms with van der Waals surface area (Å²) in [5.41, 5.74) is 4.91. The number of hydrogen-bond donors (Lipinski definition) is 0. The minimum absolute atomic E-state index is 0.188. The molecule has 0 fully saturated rings. The van der Waals surface area contributed by atoms with Crippen LogP contribution in [0.1, 0.15) is 18.1 Å². The maximum Gasteiger partial charge on any atom is 0.348 e. The average molecular weight is 278 g/mol. The van der Waals surface area contributed by atoms with Gasteiger partial charge in [0, 0.05) is 17.5 Å². The lowest BCUT2D eigenvalue weighted by Crippen LogP contribution is -2.23. The highest BCUT2D eigenvalue weighted by Crippen LogP contribution is 2.27. The lowest BCUT2D eigenvalue weighted by molar-refractivity contribution is 0.732. The number of hydrogen-bond acceptors (Lipinski definition) is 2. The molecule has 0 radical (unpaired) electrons. The first kappa shape index (κ1) is 13.6. The highest BCUT2D eigenvalue weighted by molar-refractivity contribution is 5.93. The van der Waals surface area contributed by atoms with Gasteiger partial charge in [-0.25, -0.2) is 4.79 Å². The molecule has 106 valence electrons. The van der Waals surface area contributed by atoms with E-state index in [4.69, 9.17) is 0 Å². The Bertz CT molecular complexity index is 864. The summed E-state index contributed by atoms with van der Waals surface area (Å²) in [5.74, 6) is 0. The fourth-order valence-corrected chi connectivity index (χ4v) is 2.65. The number of nitrogens with zero attached hydrogens (tertiary/aromatic N) is 2. The molecule has 0 N–H and O–H groups in total. The third-order valence-electron chi connectivity index (χ3n) is 3.96. The molecule has 3 nitrogen and oxygen atoms in total. The molecule has 21 heavy (non-hydrogen) atoms. The fraction of sp³-hybridized carbons (Fsp3) is 0.222. The average Bonchev–Trinajstić information content (AvgIpc) is 2.49. The van der Waals surface area contributed by atoms with Gasteiger partial charge < -0.3 is 0 Å². The van der Waals surface area contributed by atoms with Crippen LogP contribution in [0.25, 0.3) is 22.2 Å². The summed E-state index contributed by atoms with van der Waals surface area (Å²) in [6.45, 7) is 6.76. The molecule has 3 heteroatoms. The summed E-state index contributed by atoms with van der Waals surface area (Å²) in [4.78, 5) is 16.6. The van der Waals surface area contributed by atoms with E-state index < -0.39 is 0 Å². The van der Waals surface area contributed by atoms with Crippen LogP contribution >= 0.6 is 0 Å². The van der Waals surface area contributed by atoms with E-state index in [1.54, 1.807) is 4.57 Å². The minimum Gasteiger partial charge on any atom is -0.292 e. The summed E-state index contributed by atoms with van der Waals surface area (Å²) >= 11 is 0. The van der Waals surface area contributed by atoms with Gasteiger partial charge in [-0.2, -0.15) is 4.98 Å². The summed E-state index contributed by atoms with van der Waals surface area (Å²) in [6, 6.07) is 14.1. The van der Waals surface area contributed by atoms with E-state index in [0.717, 1.165) is 22.2 Å². The van der Waals surface area contributed by atoms with Crippen molar-refractivity contribution in [2.75, 3.05) is 0 Å². The highest BCUT2D eigenvalue weighted by Gasteiger charge is 2.12. The largest absolute Gasteiger partial charge is 0.348 e. The summed E-state index contributed by atoms with van der Waals surface area (Å²) in [5, 5.41) is 1.03. The minimum atomic E-state index is -0.188. The molecule has 0 saturated carbocycles. The first-order valence-electron chi connectivity index (χ1n) is 7.19. The van der Waals surface area contributed by atoms with Gasteiger partial charge in [0.1, 0.15) is 0 Å². The van der Waals surface area contributed by atoms with Crippen molar-refractivity contribution in [1.29, 1.82) is 0 Å². The molecule has 0 aliphatic rings. The molecule has 1 aromatic heterocycles. The predicted octanol–water partition coefficient (Wildman–Crippen LogP) is 3.70. The van der Waals surface area contributed by atoms with Crippen LogP contribution in [-0.2, 0) is 6.54 Å². The zero-order chi connectivity index (χ0) is 15.0. The molecular formula is C18H18N2O. The molecule has 0 bridgehead atoms. The summed E-state index contributed by atoms with van der Waals surface area (Å²) in [6.07, 6.45) is 0. The van der Waals surface area contributed by atoms with Gasteiger partial charge in [0.15, 0.2) is 0 Å². The van der Waals surface area contributed by atoms with E-state index in [2.05, 4.69) is 31.0 Å². The van der Waals surface area contributed by atoms with E-state index in [0.29, 0.717) is 6.54 Å². The molecule has 2 aromatic carbocycles. The van der Waals surface area contributed by atoms with Crippen LogP contribution < -0.4 is 5.69 Å². The van der Waals surface area contributed by atoms with Gasteiger partial charge in [-0.1, -0.05) is 30.3 Å². The Kier molecular flexibility index (Phi) is 3.34. The molecule has 0 amide bonds. The molecule has 3 rings (SSSR count). The van der Waals surface area contributed by atoms with Crippen LogP contribution in [0.15, 0.2) is 47.3 Å². The Hall–Kier alpha value is -2.42. The smallest absolute Gasteiger partial charge is 0.292 e. The quantitative estimate of drug-likeness (QED) is 0.716. The van der Waals surface area contributed by atoms with Crippen molar-refractivity contribution in [3.63, 3.8) is 0 Å². The predicted molar refractivity (Wildman–Crippen MR) is 86.6 cm³/mol. The molecule has 0 unspecified atom stereocenters. The van der Waals surface area contributed by atoms with E-state index in [9.17, 15) is 4.79 Å². The van der Waals surface area contributed by atoms with E-state index in [1.807, 2.05) is 37.3 Å². The summed E-state index contributed by atoms with van der Waals surface area (Å²) < 4.78 is 1.73. The lowest BCUT2D eigenvalue weighted by atomic mass is 10.0. The Morgan fingerprint density at radius 3 is 2.38 bits per heavy atom.